The van der Waals surface area contributed by atoms with E-state index >= 15 is 0 Å². The van der Waals surface area contributed by atoms with E-state index in [1.165, 1.54) is 62.4 Å². The molecule has 0 bridgehead atoms. The van der Waals surface area contributed by atoms with Gasteiger partial charge in [-0.15, -0.1) is 11.3 Å². The van der Waals surface area contributed by atoms with Crippen LogP contribution in [0.15, 0.2) is 5.38 Å². The van der Waals surface area contributed by atoms with Gasteiger partial charge in [-0.05, 0) is 31.6 Å². The molecule has 1 aromatic heterocycles. The first-order valence-electron chi connectivity index (χ1n) is 7.74. The molecule has 2 fully saturated rings. The number of hydrogen-bond acceptors (Lipinski definition) is 4. The lowest BCUT2D eigenvalue weighted by Crippen LogP contribution is -2.32. The molecule has 0 spiro atoms. The average molecular weight is 279 g/mol. The summed E-state index contributed by atoms with van der Waals surface area (Å²) in [7, 11) is 0. The summed E-state index contributed by atoms with van der Waals surface area (Å²) in [5.41, 5.74) is 1.23. The zero-order valence-electron chi connectivity index (χ0n) is 11.9. The molecule has 1 saturated heterocycles. The fourth-order valence-corrected chi connectivity index (χ4v) is 3.98. The lowest BCUT2D eigenvalue weighted by atomic mass is 10.00. The number of hydrogen-bond donors (Lipinski definition) is 1. The Bertz CT molecular complexity index is 390. The molecule has 0 radical (unpaired) electrons. The van der Waals surface area contributed by atoms with E-state index in [1.807, 2.05) is 11.3 Å². The molecule has 1 aliphatic heterocycles. The van der Waals surface area contributed by atoms with Gasteiger partial charge in [0.25, 0.3) is 0 Å². The van der Waals surface area contributed by atoms with Crippen molar-refractivity contribution in [1.29, 1.82) is 0 Å². The Kier molecular flexibility index (Phi) is 4.38. The predicted octanol–water partition coefficient (Wildman–Crippen LogP) is 3.41. The molecule has 1 N–H and O–H groups in total. The van der Waals surface area contributed by atoms with E-state index in [4.69, 9.17) is 4.98 Å². The molecule has 106 valence electrons. The molecule has 0 atom stereocenters. The highest BCUT2D eigenvalue weighted by Gasteiger charge is 2.19. The molecule has 19 heavy (non-hydrogen) atoms. The maximum absolute atomic E-state index is 4.80. The molecule has 1 aromatic rings. The third-order valence-corrected chi connectivity index (χ3v) is 5.47. The van der Waals surface area contributed by atoms with Crippen molar-refractivity contribution >= 4 is 16.5 Å². The summed E-state index contributed by atoms with van der Waals surface area (Å²) < 4.78 is 0. The maximum Gasteiger partial charge on any atom is 0.185 e. The van der Waals surface area contributed by atoms with Crippen LogP contribution < -0.4 is 10.2 Å². The van der Waals surface area contributed by atoms with Crippen LogP contribution >= 0.6 is 11.3 Å². The second-order valence-electron chi connectivity index (χ2n) is 6.15. The van der Waals surface area contributed by atoms with Crippen molar-refractivity contribution in [2.24, 2.45) is 5.92 Å². The lowest BCUT2D eigenvalue weighted by molar-refractivity contribution is 0.438. The van der Waals surface area contributed by atoms with Crippen molar-refractivity contribution in [3.8, 4) is 0 Å². The number of nitrogens with zero attached hydrogens (tertiary/aromatic N) is 2. The Morgan fingerprint density at radius 2 is 2.00 bits per heavy atom. The number of nitrogens with one attached hydrogen (secondary N) is 1. The summed E-state index contributed by atoms with van der Waals surface area (Å²) in [6.07, 6.45) is 8.12. The van der Waals surface area contributed by atoms with Crippen LogP contribution in [-0.2, 0) is 6.54 Å². The first-order valence-corrected chi connectivity index (χ1v) is 8.62. The van der Waals surface area contributed by atoms with Crippen molar-refractivity contribution < 1.29 is 0 Å². The van der Waals surface area contributed by atoms with E-state index < -0.39 is 0 Å². The molecule has 3 nitrogen and oxygen atoms in total. The van der Waals surface area contributed by atoms with E-state index in [0.29, 0.717) is 0 Å². The largest absolute Gasteiger partial charge is 0.348 e. The minimum atomic E-state index is 0.737. The molecule has 4 heteroatoms. The lowest BCUT2D eigenvalue weighted by Gasteiger charge is -2.29. The molecule has 2 heterocycles. The van der Waals surface area contributed by atoms with Crippen LogP contribution in [-0.4, -0.2) is 24.1 Å². The van der Waals surface area contributed by atoms with Gasteiger partial charge in [0.05, 0.1) is 5.69 Å². The number of rotatable bonds is 4. The van der Waals surface area contributed by atoms with Crippen LogP contribution in [0.2, 0.25) is 0 Å². The molecular weight excluding hydrogens is 254 g/mol. The highest BCUT2D eigenvalue weighted by Crippen LogP contribution is 2.26. The molecule has 3 rings (SSSR count). The van der Waals surface area contributed by atoms with Crippen LogP contribution in [0.5, 0.6) is 0 Å². The Labute approximate surface area is 120 Å². The average Bonchev–Trinajstić information content (AvgIpc) is 3.09. The minimum absolute atomic E-state index is 0.737. The van der Waals surface area contributed by atoms with Gasteiger partial charge >= 0.3 is 0 Å². The SMILES string of the molecule is CC1CCN(c2nc(CNC3CCCC3)cs2)CC1. The maximum atomic E-state index is 4.80. The van der Waals surface area contributed by atoms with E-state index in [2.05, 4.69) is 22.5 Å². The van der Waals surface area contributed by atoms with Crippen LogP contribution in [0.3, 0.4) is 0 Å². The number of thiazole rings is 1. The second-order valence-corrected chi connectivity index (χ2v) is 6.99. The van der Waals surface area contributed by atoms with Gasteiger partial charge < -0.3 is 10.2 Å². The van der Waals surface area contributed by atoms with Crippen LogP contribution in [0.25, 0.3) is 0 Å². The molecule has 1 saturated carbocycles. The van der Waals surface area contributed by atoms with Gasteiger partial charge in [-0.3, -0.25) is 0 Å². The molecule has 0 amide bonds. The Hall–Kier alpha value is -0.610. The van der Waals surface area contributed by atoms with Crippen molar-refractivity contribution in [1.82, 2.24) is 10.3 Å². The van der Waals surface area contributed by atoms with Crippen molar-refractivity contribution in [2.75, 3.05) is 18.0 Å². The van der Waals surface area contributed by atoms with Crippen molar-refractivity contribution in [2.45, 2.75) is 58.0 Å². The van der Waals surface area contributed by atoms with Crippen LogP contribution in [0, 0.1) is 5.92 Å². The van der Waals surface area contributed by atoms with E-state index in [-0.39, 0.29) is 0 Å². The normalized spacial score (nSPS) is 22.3. The Morgan fingerprint density at radius 1 is 1.26 bits per heavy atom. The van der Waals surface area contributed by atoms with Crippen LogP contribution in [0.1, 0.15) is 51.1 Å². The van der Waals surface area contributed by atoms with Gasteiger partial charge in [0.1, 0.15) is 0 Å². The zero-order chi connectivity index (χ0) is 13.1. The predicted molar refractivity (Wildman–Crippen MR) is 81.8 cm³/mol. The number of anilines is 1. The molecule has 2 aliphatic rings. The summed E-state index contributed by atoms with van der Waals surface area (Å²) in [5.74, 6) is 0.889. The third-order valence-electron chi connectivity index (χ3n) is 4.52. The number of aromatic nitrogens is 1. The minimum Gasteiger partial charge on any atom is -0.348 e. The Balaban J connectivity index is 1.51. The molecule has 0 aromatic carbocycles. The monoisotopic (exact) mass is 279 g/mol. The summed E-state index contributed by atoms with van der Waals surface area (Å²) in [5, 5.41) is 7.11. The first-order chi connectivity index (χ1) is 9.31. The van der Waals surface area contributed by atoms with E-state index in [1.54, 1.807) is 0 Å². The Morgan fingerprint density at radius 3 is 2.74 bits per heavy atom. The third kappa shape index (κ3) is 3.48. The summed E-state index contributed by atoms with van der Waals surface area (Å²) in [6.45, 7) is 5.68. The van der Waals surface area contributed by atoms with E-state index in [9.17, 15) is 0 Å². The highest BCUT2D eigenvalue weighted by molar-refractivity contribution is 7.13. The molecular formula is C15H25N3S. The van der Waals surface area contributed by atoms with Crippen LogP contribution in [0.4, 0.5) is 5.13 Å². The quantitative estimate of drug-likeness (QED) is 0.915. The highest BCUT2D eigenvalue weighted by atomic mass is 32.1. The summed E-state index contributed by atoms with van der Waals surface area (Å²) >= 11 is 1.81. The summed E-state index contributed by atoms with van der Waals surface area (Å²) in [6, 6.07) is 0.737. The van der Waals surface area contributed by atoms with Gasteiger partial charge in [-0.2, -0.15) is 0 Å². The standard InChI is InChI=1S/C15H25N3S/c1-12-6-8-18(9-7-12)15-17-14(11-19-15)10-16-13-4-2-3-5-13/h11-13,16H,2-10H2,1H3. The van der Waals surface area contributed by atoms with E-state index in [0.717, 1.165) is 18.5 Å². The van der Waals surface area contributed by atoms with Gasteiger partial charge in [-0.25, -0.2) is 4.98 Å². The summed E-state index contributed by atoms with van der Waals surface area (Å²) in [4.78, 5) is 7.26. The smallest absolute Gasteiger partial charge is 0.185 e. The number of piperidine rings is 1. The van der Waals surface area contributed by atoms with Gasteiger partial charge in [0.2, 0.25) is 0 Å². The molecule has 0 unspecified atom stereocenters. The van der Waals surface area contributed by atoms with Crippen molar-refractivity contribution in [3.05, 3.63) is 11.1 Å². The fraction of sp³-hybridized carbons (Fsp3) is 0.800. The zero-order valence-corrected chi connectivity index (χ0v) is 12.7. The van der Waals surface area contributed by atoms with Crippen molar-refractivity contribution in [3.63, 3.8) is 0 Å². The topological polar surface area (TPSA) is 28.2 Å². The first kappa shape index (κ1) is 13.4. The fourth-order valence-electron chi connectivity index (χ4n) is 3.10. The van der Waals surface area contributed by atoms with Gasteiger partial charge in [0, 0.05) is 31.1 Å². The molecule has 1 aliphatic carbocycles. The van der Waals surface area contributed by atoms with Gasteiger partial charge in [0.15, 0.2) is 5.13 Å². The second kappa shape index (κ2) is 6.23. The van der Waals surface area contributed by atoms with Gasteiger partial charge in [-0.1, -0.05) is 19.8 Å².